The first-order valence-corrected chi connectivity index (χ1v) is 10.5. The number of ether oxygens (including phenoxy) is 2. The van der Waals surface area contributed by atoms with Crippen molar-refractivity contribution in [3.63, 3.8) is 0 Å². The lowest BCUT2D eigenvalue weighted by Crippen LogP contribution is -2.40. The monoisotopic (exact) mass is 410 g/mol. The summed E-state index contributed by atoms with van der Waals surface area (Å²) >= 11 is 6.80. The van der Waals surface area contributed by atoms with Crippen molar-refractivity contribution in [2.45, 2.75) is 38.3 Å². The van der Waals surface area contributed by atoms with Crippen LogP contribution in [-0.4, -0.2) is 36.7 Å². The van der Waals surface area contributed by atoms with E-state index in [4.69, 9.17) is 21.1 Å². The number of pyridine rings is 1. The minimum Gasteiger partial charge on any atom is -0.497 e. The summed E-state index contributed by atoms with van der Waals surface area (Å²) in [6.45, 7) is 2.06. The fourth-order valence-corrected chi connectivity index (χ4v) is 4.45. The molecular formula is C24H27ClN2O2. The van der Waals surface area contributed by atoms with Crippen LogP contribution in [0.4, 0.5) is 0 Å². The second kappa shape index (κ2) is 9.02. The number of rotatable bonds is 6. The lowest BCUT2D eigenvalue weighted by atomic mass is 9.95. The minimum atomic E-state index is 0.466. The Kier molecular flexibility index (Phi) is 6.22. The Morgan fingerprint density at radius 2 is 1.79 bits per heavy atom. The third-order valence-corrected chi connectivity index (χ3v) is 6.28. The van der Waals surface area contributed by atoms with Crippen molar-refractivity contribution in [2.75, 3.05) is 20.8 Å². The lowest BCUT2D eigenvalue weighted by Gasteiger charge is -2.36. The summed E-state index contributed by atoms with van der Waals surface area (Å²) in [5.41, 5.74) is 3.32. The predicted octanol–water partition coefficient (Wildman–Crippen LogP) is 5.50. The zero-order valence-corrected chi connectivity index (χ0v) is 17.8. The van der Waals surface area contributed by atoms with Crippen molar-refractivity contribution < 1.29 is 9.47 Å². The predicted molar refractivity (Wildman–Crippen MR) is 118 cm³/mol. The van der Waals surface area contributed by atoms with Crippen LogP contribution in [0.2, 0.25) is 5.02 Å². The van der Waals surface area contributed by atoms with Crippen molar-refractivity contribution in [3.05, 3.63) is 64.8 Å². The summed E-state index contributed by atoms with van der Waals surface area (Å²) in [5.74, 6) is 1.70. The van der Waals surface area contributed by atoms with E-state index in [0.29, 0.717) is 6.04 Å². The molecule has 2 aromatic carbocycles. The summed E-state index contributed by atoms with van der Waals surface area (Å²) < 4.78 is 10.6. The number of fused-ring (bicyclic) bond motifs is 1. The number of aromatic nitrogens is 1. The fraction of sp³-hybridized carbons (Fsp3) is 0.375. The van der Waals surface area contributed by atoms with Crippen LogP contribution < -0.4 is 9.47 Å². The highest BCUT2D eigenvalue weighted by atomic mass is 35.5. The maximum absolute atomic E-state index is 6.80. The summed E-state index contributed by atoms with van der Waals surface area (Å²) in [4.78, 5) is 7.22. The molecule has 0 aliphatic carbocycles. The molecule has 0 radical (unpaired) electrons. The smallest absolute Gasteiger partial charge is 0.119 e. The van der Waals surface area contributed by atoms with Crippen LogP contribution in [0.15, 0.2) is 48.7 Å². The number of halogens is 1. The van der Waals surface area contributed by atoms with Gasteiger partial charge in [0, 0.05) is 24.2 Å². The Labute approximate surface area is 177 Å². The van der Waals surface area contributed by atoms with E-state index in [2.05, 4.69) is 22.0 Å². The fourth-order valence-electron chi connectivity index (χ4n) is 4.17. The van der Waals surface area contributed by atoms with Gasteiger partial charge in [-0.05, 0) is 67.3 Å². The normalized spacial score (nSPS) is 17.4. The van der Waals surface area contributed by atoms with Crippen molar-refractivity contribution in [1.29, 1.82) is 0 Å². The topological polar surface area (TPSA) is 34.6 Å². The molecule has 4 rings (SSSR count). The van der Waals surface area contributed by atoms with Crippen LogP contribution >= 0.6 is 11.6 Å². The molecule has 1 saturated heterocycles. The van der Waals surface area contributed by atoms with Gasteiger partial charge in [0.2, 0.25) is 0 Å². The van der Waals surface area contributed by atoms with Crippen molar-refractivity contribution >= 4 is 22.5 Å². The highest BCUT2D eigenvalue weighted by Gasteiger charge is 2.24. The van der Waals surface area contributed by atoms with Crippen LogP contribution in [-0.2, 0) is 13.0 Å². The number of likely N-dealkylation sites (tertiary alicyclic amines) is 1. The Hall–Kier alpha value is -2.30. The molecule has 5 heteroatoms. The van der Waals surface area contributed by atoms with E-state index in [1.807, 2.05) is 36.5 Å². The molecule has 3 aromatic rings. The van der Waals surface area contributed by atoms with E-state index in [9.17, 15) is 0 Å². The standard InChI is InChI=1S/C24H27ClN2O2/c1-28-20-8-6-17(7-9-20)16-27-12-4-3-5-19(27)13-18-15-26-23-11-10-21(29-2)14-22(23)24(18)25/h6-11,14-15,19H,3-5,12-13,16H2,1-2H3. The van der Waals surface area contributed by atoms with Gasteiger partial charge < -0.3 is 9.47 Å². The molecule has 152 valence electrons. The van der Waals surface area contributed by atoms with Gasteiger partial charge in [-0.15, -0.1) is 0 Å². The Morgan fingerprint density at radius 1 is 1.03 bits per heavy atom. The number of piperidine rings is 1. The first-order chi connectivity index (χ1) is 14.2. The first-order valence-electron chi connectivity index (χ1n) is 10.2. The maximum atomic E-state index is 6.80. The Morgan fingerprint density at radius 3 is 2.55 bits per heavy atom. The van der Waals surface area contributed by atoms with Gasteiger partial charge >= 0.3 is 0 Å². The number of nitrogens with zero attached hydrogens (tertiary/aromatic N) is 2. The van der Waals surface area contributed by atoms with E-state index < -0.39 is 0 Å². The Bertz CT molecular complexity index is 975. The maximum Gasteiger partial charge on any atom is 0.119 e. The van der Waals surface area contributed by atoms with Gasteiger partial charge in [0.15, 0.2) is 0 Å². The largest absolute Gasteiger partial charge is 0.497 e. The molecule has 0 amide bonds. The zero-order valence-electron chi connectivity index (χ0n) is 17.0. The molecule has 0 bridgehead atoms. The molecule has 0 saturated carbocycles. The van der Waals surface area contributed by atoms with Gasteiger partial charge in [0.05, 0.1) is 24.8 Å². The third kappa shape index (κ3) is 4.49. The number of methoxy groups -OCH3 is 2. The van der Waals surface area contributed by atoms with E-state index >= 15 is 0 Å². The van der Waals surface area contributed by atoms with Gasteiger partial charge in [0.25, 0.3) is 0 Å². The molecule has 1 aromatic heterocycles. The first kappa shape index (κ1) is 20.0. The summed E-state index contributed by atoms with van der Waals surface area (Å²) in [5, 5.41) is 1.75. The summed E-state index contributed by atoms with van der Waals surface area (Å²) in [6.07, 6.45) is 6.54. The molecule has 0 spiro atoms. The Balaban J connectivity index is 1.55. The second-order valence-electron chi connectivity index (χ2n) is 7.65. The molecule has 29 heavy (non-hydrogen) atoms. The average molecular weight is 411 g/mol. The van der Waals surface area contributed by atoms with Crippen LogP contribution in [0.1, 0.15) is 30.4 Å². The molecule has 4 nitrogen and oxygen atoms in total. The molecular weight excluding hydrogens is 384 g/mol. The third-order valence-electron chi connectivity index (χ3n) is 5.83. The van der Waals surface area contributed by atoms with Gasteiger partial charge in [-0.25, -0.2) is 0 Å². The number of hydrogen-bond donors (Lipinski definition) is 0. The van der Waals surface area contributed by atoms with Gasteiger partial charge in [-0.3, -0.25) is 9.88 Å². The zero-order chi connectivity index (χ0) is 20.2. The lowest BCUT2D eigenvalue weighted by molar-refractivity contribution is 0.139. The number of hydrogen-bond acceptors (Lipinski definition) is 4. The van der Waals surface area contributed by atoms with E-state index in [1.54, 1.807) is 14.2 Å². The molecule has 1 fully saturated rings. The van der Waals surface area contributed by atoms with Gasteiger partial charge in [-0.2, -0.15) is 0 Å². The summed E-state index contributed by atoms with van der Waals surface area (Å²) in [7, 11) is 3.37. The van der Waals surface area contributed by atoms with Gasteiger partial charge in [0.1, 0.15) is 11.5 Å². The minimum absolute atomic E-state index is 0.466. The average Bonchev–Trinajstić information content (AvgIpc) is 2.77. The van der Waals surface area contributed by atoms with Crippen LogP contribution in [0.5, 0.6) is 11.5 Å². The molecule has 2 heterocycles. The van der Waals surface area contributed by atoms with Gasteiger partial charge in [-0.1, -0.05) is 30.2 Å². The molecule has 1 unspecified atom stereocenters. The van der Waals surface area contributed by atoms with Crippen LogP contribution in [0, 0.1) is 0 Å². The van der Waals surface area contributed by atoms with E-state index in [0.717, 1.165) is 52.5 Å². The quantitative estimate of drug-likeness (QED) is 0.537. The van der Waals surface area contributed by atoms with E-state index in [1.165, 1.54) is 24.8 Å². The van der Waals surface area contributed by atoms with Crippen LogP contribution in [0.25, 0.3) is 10.9 Å². The summed E-state index contributed by atoms with van der Waals surface area (Å²) in [6, 6.07) is 14.7. The van der Waals surface area contributed by atoms with E-state index in [-0.39, 0.29) is 0 Å². The van der Waals surface area contributed by atoms with Crippen molar-refractivity contribution in [2.24, 2.45) is 0 Å². The number of benzene rings is 2. The molecule has 0 N–H and O–H groups in total. The highest BCUT2D eigenvalue weighted by Crippen LogP contribution is 2.32. The second-order valence-corrected chi connectivity index (χ2v) is 8.03. The molecule has 1 aliphatic rings. The van der Waals surface area contributed by atoms with Crippen molar-refractivity contribution in [1.82, 2.24) is 9.88 Å². The highest BCUT2D eigenvalue weighted by molar-refractivity contribution is 6.36. The SMILES string of the molecule is COc1ccc(CN2CCCCC2Cc2cnc3ccc(OC)cc3c2Cl)cc1. The van der Waals surface area contributed by atoms with Crippen LogP contribution in [0.3, 0.4) is 0 Å². The molecule has 1 aliphatic heterocycles. The molecule has 1 atom stereocenters. The van der Waals surface area contributed by atoms with Crippen molar-refractivity contribution in [3.8, 4) is 11.5 Å².